The van der Waals surface area contributed by atoms with Crippen LogP contribution >= 0.6 is 11.3 Å². The highest BCUT2D eigenvalue weighted by atomic mass is 32.1. The van der Waals surface area contributed by atoms with Gasteiger partial charge in [0.05, 0.1) is 16.7 Å². The van der Waals surface area contributed by atoms with E-state index in [1.54, 1.807) is 0 Å². The number of nitrogens with two attached hydrogens (primary N) is 1. The van der Waals surface area contributed by atoms with Crippen LogP contribution in [0.4, 0.5) is 0 Å². The third-order valence-corrected chi connectivity index (χ3v) is 6.21. The fraction of sp³-hybridized carbons (Fsp3) is 0.333. The van der Waals surface area contributed by atoms with Crippen molar-refractivity contribution in [3.05, 3.63) is 45.8 Å². The van der Waals surface area contributed by atoms with Crippen molar-refractivity contribution in [3.8, 4) is 11.3 Å². The zero-order chi connectivity index (χ0) is 19.2. The van der Waals surface area contributed by atoms with Crippen molar-refractivity contribution in [3.63, 3.8) is 0 Å². The van der Waals surface area contributed by atoms with Crippen molar-refractivity contribution in [2.75, 3.05) is 0 Å². The largest absolute Gasteiger partial charge is 0.369 e. The summed E-state index contributed by atoms with van der Waals surface area (Å²) in [6.07, 6.45) is 0.426. The van der Waals surface area contributed by atoms with Crippen LogP contribution in [-0.2, 0) is 10.2 Å². The Morgan fingerprint density at radius 3 is 2.27 bits per heavy atom. The van der Waals surface area contributed by atoms with Crippen molar-refractivity contribution in [1.29, 1.82) is 0 Å². The first-order valence-electron chi connectivity index (χ1n) is 8.73. The number of benzene rings is 1. The molecule has 3 N–H and O–H groups in total. The molecule has 0 radical (unpaired) electrons. The summed E-state index contributed by atoms with van der Waals surface area (Å²) >= 11 is 1.49. The number of carbonyl (C=O) groups is 2. The fourth-order valence-corrected chi connectivity index (χ4v) is 4.39. The number of aromatic nitrogens is 1. The van der Waals surface area contributed by atoms with E-state index in [2.05, 4.69) is 37.0 Å². The van der Waals surface area contributed by atoms with Gasteiger partial charge in [-0.3, -0.25) is 9.59 Å². The van der Waals surface area contributed by atoms with Crippen LogP contribution in [0.2, 0.25) is 0 Å². The number of hydrogen-bond donors (Lipinski definition) is 2. The lowest BCUT2D eigenvalue weighted by Gasteiger charge is -2.18. The molecule has 2 aromatic heterocycles. The summed E-state index contributed by atoms with van der Waals surface area (Å²) in [7, 11) is 0. The third kappa shape index (κ3) is 2.97. The van der Waals surface area contributed by atoms with Crippen LogP contribution in [0, 0.1) is 13.8 Å². The highest BCUT2D eigenvalue weighted by molar-refractivity contribution is 7.19. The second-order valence-electron chi connectivity index (χ2n) is 7.37. The fourth-order valence-electron chi connectivity index (χ4n) is 3.21. The van der Waals surface area contributed by atoms with Crippen LogP contribution in [0.1, 0.15) is 53.6 Å². The number of primary amides is 1. The number of aromatic amines is 1. The quantitative estimate of drug-likeness (QED) is 0.630. The maximum absolute atomic E-state index is 12.7. The van der Waals surface area contributed by atoms with E-state index in [-0.39, 0.29) is 11.7 Å². The summed E-state index contributed by atoms with van der Waals surface area (Å²) in [6.45, 7) is 9.60. The minimum atomic E-state index is -0.767. The first kappa shape index (κ1) is 18.4. The SMILES string of the molecule is CCC(=O)c1c(-c2cc(C)cc(C)c2)[nH]c2sc(C(C)(C)C(N)=O)cc12. The molecule has 0 aliphatic carbocycles. The molecule has 0 unspecified atom stereocenters. The second-order valence-corrected chi connectivity index (χ2v) is 8.42. The van der Waals surface area contributed by atoms with Gasteiger partial charge in [-0.05, 0) is 51.5 Å². The number of thiophene rings is 1. The van der Waals surface area contributed by atoms with Crippen molar-refractivity contribution < 1.29 is 9.59 Å². The number of fused-ring (bicyclic) bond motifs is 1. The summed E-state index contributed by atoms with van der Waals surface area (Å²) < 4.78 is 0. The highest BCUT2D eigenvalue weighted by Gasteiger charge is 2.31. The Balaban J connectivity index is 2.27. The van der Waals surface area contributed by atoms with E-state index >= 15 is 0 Å². The molecule has 2 heterocycles. The molecular formula is C21H24N2O2S. The van der Waals surface area contributed by atoms with Crippen LogP contribution in [-0.4, -0.2) is 16.7 Å². The molecule has 136 valence electrons. The lowest BCUT2D eigenvalue weighted by atomic mass is 9.90. The Labute approximate surface area is 157 Å². The average molecular weight is 369 g/mol. The Kier molecular flexibility index (Phi) is 4.53. The van der Waals surface area contributed by atoms with Gasteiger partial charge in [-0.1, -0.05) is 24.1 Å². The summed E-state index contributed by atoms with van der Waals surface area (Å²) in [5.41, 5.74) is 9.68. The van der Waals surface area contributed by atoms with Crippen LogP contribution in [0.15, 0.2) is 24.3 Å². The number of carbonyl (C=O) groups excluding carboxylic acids is 2. The molecule has 0 aliphatic heterocycles. The number of Topliss-reactive ketones (excluding diaryl/α,β-unsaturated/α-hetero) is 1. The molecule has 5 heteroatoms. The predicted molar refractivity (Wildman–Crippen MR) is 108 cm³/mol. The van der Waals surface area contributed by atoms with E-state index in [4.69, 9.17) is 5.73 Å². The summed E-state index contributed by atoms with van der Waals surface area (Å²) in [5, 5.41) is 0.875. The number of rotatable bonds is 5. The van der Waals surface area contributed by atoms with Crippen LogP contribution in [0.3, 0.4) is 0 Å². The Morgan fingerprint density at radius 2 is 1.73 bits per heavy atom. The molecule has 0 fully saturated rings. The number of H-pyrrole nitrogens is 1. The van der Waals surface area contributed by atoms with Crippen LogP contribution in [0.25, 0.3) is 21.5 Å². The number of hydrogen-bond acceptors (Lipinski definition) is 3. The van der Waals surface area contributed by atoms with Gasteiger partial charge in [0.25, 0.3) is 0 Å². The third-order valence-electron chi connectivity index (χ3n) is 4.83. The number of ketones is 1. The molecule has 1 amide bonds. The van der Waals surface area contributed by atoms with Crippen LogP contribution in [0.5, 0.6) is 0 Å². The average Bonchev–Trinajstić information content (AvgIpc) is 3.10. The van der Waals surface area contributed by atoms with Gasteiger partial charge in [0.15, 0.2) is 5.78 Å². The lowest BCUT2D eigenvalue weighted by molar-refractivity contribution is -0.122. The van der Waals surface area contributed by atoms with Crippen molar-refractivity contribution in [1.82, 2.24) is 4.98 Å². The smallest absolute Gasteiger partial charge is 0.228 e. The molecule has 4 nitrogen and oxygen atoms in total. The van der Waals surface area contributed by atoms with Gasteiger partial charge in [0.2, 0.25) is 5.91 Å². The summed E-state index contributed by atoms with van der Waals surface area (Å²) in [4.78, 5) is 29.7. The molecule has 3 rings (SSSR count). The molecule has 0 atom stereocenters. The van der Waals surface area contributed by atoms with Gasteiger partial charge < -0.3 is 10.7 Å². The van der Waals surface area contributed by atoms with E-state index < -0.39 is 5.41 Å². The summed E-state index contributed by atoms with van der Waals surface area (Å²) in [6, 6.07) is 8.23. The zero-order valence-electron chi connectivity index (χ0n) is 15.8. The number of amides is 1. The molecule has 1 aromatic carbocycles. The van der Waals surface area contributed by atoms with Gasteiger partial charge in [0, 0.05) is 16.7 Å². The van der Waals surface area contributed by atoms with E-state index in [1.165, 1.54) is 11.3 Å². The van der Waals surface area contributed by atoms with E-state index in [0.717, 1.165) is 37.5 Å². The monoisotopic (exact) mass is 368 g/mol. The van der Waals surface area contributed by atoms with Gasteiger partial charge in [0.1, 0.15) is 4.83 Å². The topological polar surface area (TPSA) is 75.9 Å². The summed E-state index contributed by atoms with van der Waals surface area (Å²) in [5.74, 6) is -0.286. The molecule has 0 saturated heterocycles. The zero-order valence-corrected chi connectivity index (χ0v) is 16.6. The number of nitrogens with one attached hydrogen (secondary N) is 1. The lowest BCUT2D eigenvalue weighted by Crippen LogP contribution is -2.34. The molecule has 3 aromatic rings. The first-order chi connectivity index (χ1) is 12.1. The van der Waals surface area contributed by atoms with Crippen LogP contribution < -0.4 is 5.73 Å². The van der Waals surface area contributed by atoms with E-state index in [1.807, 2.05) is 26.8 Å². The Bertz CT molecular complexity index is 1000. The highest BCUT2D eigenvalue weighted by Crippen LogP contribution is 2.40. The Morgan fingerprint density at radius 1 is 1.12 bits per heavy atom. The van der Waals surface area contributed by atoms with E-state index in [9.17, 15) is 9.59 Å². The van der Waals surface area contributed by atoms with Crippen molar-refractivity contribution in [2.24, 2.45) is 5.73 Å². The van der Waals surface area contributed by atoms with Gasteiger partial charge in [-0.2, -0.15) is 0 Å². The maximum Gasteiger partial charge on any atom is 0.228 e. The molecule has 0 saturated carbocycles. The molecule has 0 spiro atoms. The molecule has 0 aliphatic rings. The molecular weight excluding hydrogens is 344 g/mol. The second kappa shape index (κ2) is 6.40. The van der Waals surface area contributed by atoms with Gasteiger partial charge in [-0.25, -0.2) is 0 Å². The van der Waals surface area contributed by atoms with E-state index in [0.29, 0.717) is 12.0 Å². The first-order valence-corrected chi connectivity index (χ1v) is 9.54. The number of aryl methyl sites for hydroxylation is 2. The normalized spacial score (nSPS) is 11.9. The van der Waals surface area contributed by atoms with Gasteiger partial charge in [-0.15, -0.1) is 11.3 Å². The van der Waals surface area contributed by atoms with Crippen molar-refractivity contribution >= 4 is 33.2 Å². The molecule has 0 bridgehead atoms. The minimum absolute atomic E-state index is 0.0895. The standard InChI is InChI=1S/C21H24N2O2S/c1-6-15(24)17-14-10-16(21(4,5)20(22)25)26-19(14)23-18(17)13-8-11(2)7-12(3)9-13/h7-10,23H,6H2,1-5H3,(H2,22,25). The van der Waals surface area contributed by atoms with Crippen molar-refractivity contribution in [2.45, 2.75) is 46.5 Å². The maximum atomic E-state index is 12.7. The van der Waals surface area contributed by atoms with Gasteiger partial charge >= 0.3 is 0 Å². The Hall–Kier alpha value is -2.40. The molecule has 26 heavy (non-hydrogen) atoms. The minimum Gasteiger partial charge on any atom is -0.369 e. The predicted octanol–water partition coefficient (Wildman–Crippen LogP) is 4.87.